The van der Waals surface area contributed by atoms with Gasteiger partial charge < -0.3 is 10.1 Å². The Morgan fingerprint density at radius 2 is 1.95 bits per heavy atom. The minimum atomic E-state index is -0.501. The fourth-order valence-corrected chi connectivity index (χ4v) is 2.06. The predicted octanol–water partition coefficient (Wildman–Crippen LogP) is 3.44. The molecule has 2 aromatic carbocycles. The van der Waals surface area contributed by atoms with E-state index in [0.29, 0.717) is 23.6 Å². The van der Waals surface area contributed by atoms with E-state index in [4.69, 9.17) is 4.74 Å². The molecule has 0 spiro atoms. The van der Waals surface area contributed by atoms with Crippen molar-refractivity contribution in [1.29, 1.82) is 0 Å². The molecule has 0 heterocycles. The van der Waals surface area contributed by atoms with E-state index in [9.17, 15) is 14.9 Å². The third kappa shape index (κ3) is 3.82. The molecule has 1 N–H and O–H groups in total. The molecule has 0 aliphatic heterocycles. The Morgan fingerprint density at radius 3 is 2.55 bits per heavy atom. The van der Waals surface area contributed by atoms with E-state index in [1.54, 1.807) is 6.92 Å². The lowest BCUT2D eigenvalue weighted by atomic mass is 10.1. The molecule has 0 unspecified atom stereocenters. The van der Waals surface area contributed by atoms with E-state index >= 15 is 0 Å². The van der Waals surface area contributed by atoms with Gasteiger partial charge in [0.25, 0.3) is 5.69 Å². The van der Waals surface area contributed by atoms with Gasteiger partial charge >= 0.3 is 0 Å². The molecule has 0 saturated carbocycles. The predicted molar refractivity (Wildman–Crippen MR) is 82.9 cm³/mol. The van der Waals surface area contributed by atoms with E-state index in [0.717, 1.165) is 5.56 Å². The van der Waals surface area contributed by atoms with Crippen molar-refractivity contribution in [3.05, 3.63) is 63.7 Å². The Bertz CT molecular complexity index is 699. The molecule has 0 aliphatic carbocycles. The first kappa shape index (κ1) is 15.5. The maximum Gasteiger partial charge on any atom is 0.272 e. The summed E-state index contributed by atoms with van der Waals surface area (Å²) in [5, 5.41) is 13.5. The van der Waals surface area contributed by atoms with Crippen LogP contribution in [0, 0.1) is 17.0 Å². The lowest BCUT2D eigenvalue weighted by Crippen LogP contribution is -2.09. The fourth-order valence-electron chi connectivity index (χ4n) is 2.06. The number of hydrogen-bond acceptors (Lipinski definition) is 4. The van der Waals surface area contributed by atoms with Gasteiger partial charge in [-0.25, -0.2) is 0 Å². The van der Waals surface area contributed by atoms with Gasteiger partial charge in [0, 0.05) is 24.6 Å². The monoisotopic (exact) mass is 300 g/mol. The Labute approximate surface area is 127 Å². The van der Waals surface area contributed by atoms with Gasteiger partial charge in [-0.1, -0.05) is 30.3 Å². The normalized spacial score (nSPS) is 10.1. The highest BCUT2D eigenvalue weighted by Crippen LogP contribution is 2.34. The number of amides is 1. The summed E-state index contributed by atoms with van der Waals surface area (Å²) >= 11 is 0. The number of nitrogens with one attached hydrogen (secondary N) is 1. The molecule has 2 aromatic rings. The molecule has 0 fully saturated rings. The zero-order valence-electron chi connectivity index (χ0n) is 12.3. The van der Waals surface area contributed by atoms with Crippen molar-refractivity contribution < 1.29 is 14.5 Å². The Kier molecular flexibility index (Phi) is 4.73. The Hall–Kier alpha value is -2.89. The van der Waals surface area contributed by atoms with Gasteiger partial charge in [-0.05, 0) is 12.5 Å². The zero-order valence-corrected chi connectivity index (χ0v) is 12.3. The standard InChI is InChI=1S/C16H16N2O4/c1-11-8-14(18(20)21)9-15(17-12(2)19)16(11)22-10-13-6-4-3-5-7-13/h3-9H,10H2,1-2H3,(H,17,19). The van der Waals surface area contributed by atoms with Crippen LogP contribution >= 0.6 is 0 Å². The van der Waals surface area contributed by atoms with Gasteiger partial charge in [0.05, 0.1) is 10.6 Å². The highest BCUT2D eigenvalue weighted by atomic mass is 16.6. The molecule has 2 rings (SSSR count). The summed E-state index contributed by atoms with van der Waals surface area (Å²) < 4.78 is 5.75. The van der Waals surface area contributed by atoms with E-state index < -0.39 is 4.92 Å². The van der Waals surface area contributed by atoms with E-state index in [1.165, 1.54) is 19.1 Å². The second-order valence-electron chi connectivity index (χ2n) is 4.85. The summed E-state index contributed by atoms with van der Waals surface area (Å²) in [6.07, 6.45) is 0. The number of benzene rings is 2. The third-order valence-corrected chi connectivity index (χ3v) is 3.01. The molecule has 0 aromatic heterocycles. The van der Waals surface area contributed by atoms with Crippen molar-refractivity contribution >= 4 is 17.3 Å². The number of aryl methyl sites for hydroxylation is 1. The molecule has 22 heavy (non-hydrogen) atoms. The third-order valence-electron chi connectivity index (χ3n) is 3.01. The van der Waals surface area contributed by atoms with Crippen LogP contribution in [0.4, 0.5) is 11.4 Å². The van der Waals surface area contributed by atoms with Gasteiger partial charge in [0.2, 0.25) is 5.91 Å². The van der Waals surface area contributed by atoms with Crippen LogP contribution in [-0.2, 0) is 11.4 Å². The van der Waals surface area contributed by atoms with Crippen LogP contribution in [0.25, 0.3) is 0 Å². The molecule has 0 atom stereocenters. The number of carbonyl (C=O) groups excluding carboxylic acids is 1. The maximum absolute atomic E-state index is 11.3. The number of nitro benzene ring substituents is 1. The van der Waals surface area contributed by atoms with Crippen LogP contribution in [0.2, 0.25) is 0 Å². The quantitative estimate of drug-likeness (QED) is 0.677. The summed E-state index contributed by atoms with van der Waals surface area (Å²) in [4.78, 5) is 21.7. The second kappa shape index (κ2) is 6.71. The molecular weight excluding hydrogens is 284 g/mol. The summed E-state index contributed by atoms with van der Waals surface area (Å²) in [6, 6.07) is 12.3. The average Bonchev–Trinajstić information content (AvgIpc) is 2.46. The molecule has 0 saturated heterocycles. The molecular formula is C16H16N2O4. The second-order valence-corrected chi connectivity index (χ2v) is 4.85. The number of nitrogens with zero attached hydrogens (tertiary/aromatic N) is 1. The first-order valence-corrected chi connectivity index (χ1v) is 6.70. The van der Waals surface area contributed by atoms with Crippen LogP contribution in [0.5, 0.6) is 5.75 Å². The van der Waals surface area contributed by atoms with E-state index in [2.05, 4.69) is 5.32 Å². The average molecular weight is 300 g/mol. The first-order valence-electron chi connectivity index (χ1n) is 6.70. The van der Waals surface area contributed by atoms with Gasteiger partial charge in [-0.15, -0.1) is 0 Å². The lowest BCUT2D eigenvalue weighted by molar-refractivity contribution is -0.384. The lowest BCUT2D eigenvalue weighted by Gasteiger charge is -2.14. The van der Waals surface area contributed by atoms with E-state index in [1.807, 2.05) is 30.3 Å². The van der Waals surface area contributed by atoms with E-state index in [-0.39, 0.29) is 11.6 Å². The minimum absolute atomic E-state index is 0.0895. The van der Waals surface area contributed by atoms with Crippen LogP contribution in [0.1, 0.15) is 18.1 Å². The number of rotatable bonds is 5. The van der Waals surface area contributed by atoms with Crippen molar-refractivity contribution in [2.45, 2.75) is 20.5 Å². The first-order chi connectivity index (χ1) is 10.5. The molecule has 6 nitrogen and oxygen atoms in total. The number of anilines is 1. The highest BCUT2D eigenvalue weighted by Gasteiger charge is 2.16. The molecule has 0 radical (unpaired) electrons. The number of carbonyl (C=O) groups is 1. The largest absolute Gasteiger partial charge is 0.486 e. The van der Waals surface area contributed by atoms with Gasteiger partial charge in [0.15, 0.2) is 0 Å². The van der Waals surface area contributed by atoms with Gasteiger partial charge in [-0.3, -0.25) is 14.9 Å². The summed E-state index contributed by atoms with van der Waals surface area (Å²) in [5.41, 5.74) is 1.77. The van der Waals surface area contributed by atoms with Crippen molar-refractivity contribution in [2.24, 2.45) is 0 Å². The topological polar surface area (TPSA) is 81.5 Å². The highest BCUT2D eigenvalue weighted by molar-refractivity contribution is 5.91. The molecule has 0 bridgehead atoms. The molecule has 6 heteroatoms. The maximum atomic E-state index is 11.3. The fraction of sp³-hybridized carbons (Fsp3) is 0.188. The van der Waals surface area contributed by atoms with Gasteiger partial charge in [-0.2, -0.15) is 0 Å². The van der Waals surface area contributed by atoms with Crippen molar-refractivity contribution in [3.63, 3.8) is 0 Å². The minimum Gasteiger partial charge on any atom is -0.486 e. The molecule has 1 amide bonds. The smallest absolute Gasteiger partial charge is 0.272 e. The molecule has 114 valence electrons. The van der Waals surface area contributed by atoms with Crippen LogP contribution in [0.15, 0.2) is 42.5 Å². The van der Waals surface area contributed by atoms with Crippen LogP contribution in [-0.4, -0.2) is 10.8 Å². The summed E-state index contributed by atoms with van der Waals surface area (Å²) in [6.45, 7) is 3.36. The summed E-state index contributed by atoms with van der Waals surface area (Å²) in [5.74, 6) is 0.120. The Balaban J connectivity index is 2.31. The summed E-state index contributed by atoms with van der Waals surface area (Å²) in [7, 11) is 0. The number of ether oxygens (including phenoxy) is 1. The number of hydrogen-bond donors (Lipinski definition) is 1. The number of nitro groups is 1. The van der Waals surface area contributed by atoms with Crippen LogP contribution in [0.3, 0.4) is 0 Å². The van der Waals surface area contributed by atoms with Crippen molar-refractivity contribution in [2.75, 3.05) is 5.32 Å². The Morgan fingerprint density at radius 1 is 1.27 bits per heavy atom. The van der Waals surface area contributed by atoms with Crippen LogP contribution < -0.4 is 10.1 Å². The van der Waals surface area contributed by atoms with Crippen molar-refractivity contribution in [3.8, 4) is 5.75 Å². The van der Waals surface area contributed by atoms with Crippen molar-refractivity contribution in [1.82, 2.24) is 0 Å². The molecule has 0 aliphatic rings. The number of non-ortho nitro benzene ring substituents is 1. The SMILES string of the molecule is CC(=O)Nc1cc([N+](=O)[O-])cc(C)c1OCc1ccccc1. The zero-order chi connectivity index (χ0) is 16.1. The van der Waals surface area contributed by atoms with Gasteiger partial charge in [0.1, 0.15) is 12.4 Å².